The van der Waals surface area contributed by atoms with Crippen LogP contribution in [0.4, 0.5) is 0 Å². The summed E-state index contributed by atoms with van der Waals surface area (Å²) >= 11 is 0. The van der Waals surface area contributed by atoms with Gasteiger partial charge < -0.3 is 5.32 Å². The van der Waals surface area contributed by atoms with E-state index in [1.54, 1.807) is 0 Å². The van der Waals surface area contributed by atoms with E-state index in [9.17, 15) is 0 Å². The van der Waals surface area contributed by atoms with Crippen molar-refractivity contribution in [2.75, 3.05) is 20.1 Å². The van der Waals surface area contributed by atoms with Crippen molar-refractivity contribution >= 4 is 0 Å². The first-order chi connectivity index (χ1) is 8.88. The van der Waals surface area contributed by atoms with Gasteiger partial charge in [0.05, 0.1) is 12.6 Å². The van der Waals surface area contributed by atoms with Gasteiger partial charge in [0.15, 0.2) is 5.82 Å². The minimum atomic E-state index is 0.572. The number of piperidine rings is 1. The Morgan fingerprint density at radius 3 is 2.94 bits per heavy atom. The van der Waals surface area contributed by atoms with Gasteiger partial charge in [-0.05, 0) is 49.7 Å². The van der Waals surface area contributed by atoms with Crippen LogP contribution in [0.2, 0.25) is 0 Å². The maximum atomic E-state index is 4.21. The normalized spacial score (nSPS) is 25.5. The number of likely N-dealkylation sites (tertiary alicyclic amines) is 1. The molecule has 0 bridgehead atoms. The Hall–Kier alpha value is -1.01. The summed E-state index contributed by atoms with van der Waals surface area (Å²) in [5, 5.41) is 15.5. The summed E-state index contributed by atoms with van der Waals surface area (Å²) in [4.78, 5) is 2.53. The topological polar surface area (TPSA) is 58.9 Å². The fourth-order valence-corrected chi connectivity index (χ4v) is 2.84. The predicted molar refractivity (Wildman–Crippen MR) is 68.1 cm³/mol. The third kappa shape index (κ3) is 2.54. The molecule has 3 rings (SSSR count). The molecule has 1 N–H and O–H groups in total. The van der Waals surface area contributed by atoms with Crippen molar-refractivity contribution in [1.82, 2.24) is 30.4 Å². The number of hydrogen-bond acceptors (Lipinski definition) is 5. The van der Waals surface area contributed by atoms with Crippen molar-refractivity contribution in [2.45, 2.75) is 50.7 Å². The monoisotopic (exact) mass is 250 g/mol. The molecule has 1 atom stereocenters. The third-order valence-electron chi connectivity index (χ3n) is 3.99. The zero-order chi connectivity index (χ0) is 12.4. The Bertz CT molecular complexity index is 384. The second kappa shape index (κ2) is 5.32. The second-order valence-corrected chi connectivity index (χ2v) is 5.45. The highest BCUT2D eigenvalue weighted by Gasteiger charge is 2.30. The van der Waals surface area contributed by atoms with Crippen LogP contribution in [-0.4, -0.2) is 51.3 Å². The maximum absolute atomic E-state index is 4.21. The number of rotatable bonds is 5. The van der Waals surface area contributed by atoms with Gasteiger partial charge in [0.1, 0.15) is 0 Å². The van der Waals surface area contributed by atoms with Gasteiger partial charge in [0, 0.05) is 12.6 Å². The largest absolute Gasteiger partial charge is 0.318 e. The molecular formula is C12H22N6. The Labute approximate surface area is 108 Å². The molecule has 1 aromatic rings. The Morgan fingerprint density at radius 1 is 1.28 bits per heavy atom. The first kappa shape index (κ1) is 12.0. The molecule has 2 heterocycles. The quantitative estimate of drug-likeness (QED) is 0.828. The lowest BCUT2D eigenvalue weighted by Crippen LogP contribution is -2.44. The molecule has 1 aliphatic heterocycles. The minimum absolute atomic E-state index is 0.572. The molecule has 6 nitrogen and oxygen atoms in total. The van der Waals surface area contributed by atoms with Gasteiger partial charge in [0.25, 0.3) is 0 Å². The standard InChI is InChI=1S/C12H22N6/c1-13-8-11-4-2-3-7-17(11)9-12-14-15-16-18(12)10-5-6-10/h10-11,13H,2-9H2,1H3. The maximum Gasteiger partial charge on any atom is 0.165 e. The van der Waals surface area contributed by atoms with E-state index in [-0.39, 0.29) is 0 Å². The van der Waals surface area contributed by atoms with Crippen LogP contribution in [0.1, 0.15) is 44.0 Å². The summed E-state index contributed by atoms with van der Waals surface area (Å²) < 4.78 is 2.03. The van der Waals surface area contributed by atoms with Crippen LogP contribution >= 0.6 is 0 Å². The van der Waals surface area contributed by atoms with E-state index < -0.39 is 0 Å². The third-order valence-corrected chi connectivity index (χ3v) is 3.99. The molecule has 0 aromatic carbocycles. The molecule has 0 radical (unpaired) electrons. The molecule has 1 saturated carbocycles. The Kier molecular flexibility index (Phi) is 3.56. The van der Waals surface area contributed by atoms with E-state index in [0.717, 1.165) is 18.9 Å². The average molecular weight is 250 g/mol. The van der Waals surface area contributed by atoms with Crippen molar-refractivity contribution < 1.29 is 0 Å². The highest BCUT2D eigenvalue weighted by Crippen LogP contribution is 2.34. The number of tetrazole rings is 1. The first-order valence-electron chi connectivity index (χ1n) is 7.04. The van der Waals surface area contributed by atoms with Crippen molar-refractivity contribution in [1.29, 1.82) is 0 Å². The van der Waals surface area contributed by atoms with E-state index in [1.165, 1.54) is 38.6 Å². The highest BCUT2D eigenvalue weighted by molar-refractivity contribution is 4.92. The smallest absolute Gasteiger partial charge is 0.165 e. The van der Waals surface area contributed by atoms with Gasteiger partial charge in [-0.1, -0.05) is 6.42 Å². The first-order valence-corrected chi connectivity index (χ1v) is 7.04. The summed E-state index contributed by atoms with van der Waals surface area (Å²) in [6, 6.07) is 1.20. The molecule has 1 unspecified atom stereocenters. The molecule has 1 saturated heterocycles. The molecule has 2 fully saturated rings. The lowest BCUT2D eigenvalue weighted by Gasteiger charge is -2.35. The van der Waals surface area contributed by atoms with Crippen LogP contribution < -0.4 is 5.32 Å². The molecule has 2 aliphatic rings. The summed E-state index contributed by atoms with van der Waals surface area (Å²) in [5.41, 5.74) is 0. The summed E-state index contributed by atoms with van der Waals surface area (Å²) in [5.74, 6) is 1.04. The molecule has 0 amide bonds. The van der Waals surface area contributed by atoms with Gasteiger partial charge in [-0.25, -0.2) is 4.68 Å². The number of nitrogens with zero attached hydrogens (tertiary/aromatic N) is 5. The van der Waals surface area contributed by atoms with Crippen molar-refractivity contribution in [3.8, 4) is 0 Å². The number of nitrogens with one attached hydrogen (secondary N) is 1. The van der Waals surface area contributed by atoms with E-state index in [0.29, 0.717) is 12.1 Å². The van der Waals surface area contributed by atoms with Gasteiger partial charge in [-0.15, -0.1) is 5.10 Å². The lowest BCUT2D eigenvalue weighted by molar-refractivity contribution is 0.133. The van der Waals surface area contributed by atoms with Gasteiger partial charge in [-0.2, -0.15) is 0 Å². The van der Waals surface area contributed by atoms with Crippen molar-refractivity contribution in [3.63, 3.8) is 0 Å². The van der Waals surface area contributed by atoms with Gasteiger partial charge in [-0.3, -0.25) is 4.90 Å². The van der Waals surface area contributed by atoms with E-state index in [2.05, 4.69) is 25.7 Å². The van der Waals surface area contributed by atoms with Crippen molar-refractivity contribution in [2.24, 2.45) is 0 Å². The zero-order valence-corrected chi connectivity index (χ0v) is 11.0. The van der Waals surface area contributed by atoms with E-state index in [1.807, 2.05) is 11.7 Å². The fraction of sp³-hybridized carbons (Fsp3) is 0.917. The van der Waals surface area contributed by atoms with Crippen LogP contribution in [0.15, 0.2) is 0 Å². The Balaban J connectivity index is 1.67. The summed E-state index contributed by atoms with van der Waals surface area (Å²) in [6.07, 6.45) is 6.39. The summed E-state index contributed by atoms with van der Waals surface area (Å²) in [6.45, 7) is 3.13. The summed E-state index contributed by atoms with van der Waals surface area (Å²) in [7, 11) is 2.03. The number of hydrogen-bond donors (Lipinski definition) is 1. The van der Waals surface area contributed by atoms with Crippen molar-refractivity contribution in [3.05, 3.63) is 5.82 Å². The molecule has 6 heteroatoms. The number of aromatic nitrogens is 4. The van der Waals surface area contributed by atoms with E-state index >= 15 is 0 Å². The SMILES string of the molecule is CNCC1CCCCN1Cc1nnnn1C1CC1. The van der Waals surface area contributed by atoms with Crippen LogP contribution in [0.25, 0.3) is 0 Å². The Morgan fingerprint density at radius 2 is 2.17 bits per heavy atom. The van der Waals surface area contributed by atoms with E-state index in [4.69, 9.17) is 0 Å². The molecular weight excluding hydrogens is 228 g/mol. The van der Waals surface area contributed by atoms with Crippen LogP contribution in [0.3, 0.4) is 0 Å². The molecule has 1 aromatic heterocycles. The average Bonchev–Trinajstić information content (AvgIpc) is 3.13. The predicted octanol–water partition coefficient (Wildman–Crippen LogP) is 0.582. The van der Waals surface area contributed by atoms with Crippen LogP contribution in [0, 0.1) is 0 Å². The molecule has 0 spiro atoms. The van der Waals surface area contributed by atoms with Gasteiger partial charge in [0.2, 0.25) is 0 Å². The molecule has 100 valence electrons. The van der Waals surface area contributed by atoms with Crippen LogP contribution in [0.5, 0.6) is 0 Å². The molecule has 18 heavy (non-hydrogen) atoms. The molecule has 1 aliphatic carbocycles. The highest BCUT2D eigenvalue weighted by atomic mass is 15.6. The lowest BCUT2D eigenvalue weighted by atomic mass is 10.0. The fourth-order valence-electron chi connectivity index (χ4n) is 2.84. The zero-order valence-electron chi connectivity index (χ0n) is 11.0. The minimum Gasteiger partial charge on any atom is -0.318 e. The van der Waals surface area contributed by atoms with Crippen LogP contribution in [-0.2, 0) is 6.54 Å². The van der Waals surface area contributed by atoms with Gasteiger partial charge >= 0.3 is 0 Å². The number of likely N-dealkylation sites (N-methyl/N-ethyl adjacent to an activating group) is 1. The second-order valence-electron chi connectivity index (χ2n) is 5.45.